The Morgan fingerprint density at radius 1 is 1.03 bits per heavy atom. The summed E-state index contributed by atoms with van der Waals surface area (Å²) in [6, 6.07) is 20.9. The molecule has 6 heteroatoms. The SMILES string of the molecule is COc1nc(C)cc(OC[C@H](N)Cc2ccccc2)c1C(=O)OCc1ccccc1. The smallest absolute Gasteiger partial charge is 0.347 e. The quantitative estimate of drug-likeness (QED) is 0.546. The highest BCUT2D eigenvalue weighted by molar-refractivity contribution is 5.95. The first kappa shape index (κ1) is 21.3. The molecule has 0 spiro atoms. The molecule has 6 nitrogen and oxygen atoms in total. The molecule has 0 aliphatic heterocycles. The van der Waals surface area contributed by atoms with Crippen LogP contribution in [0.4, 0.5) is 0 Å². The lowest BCUT2D eigenvalue weighted by Crippen LogP contribution is -2.30. The number of aromatic nitrogens is 1. The van der Waals surface area contributed by atoms with Gasteiger partial charge in [-0.1, -0.05) is 60.7 Å². The number of esters is 1. The highest BCUT2D eigenvalue weighted by Gasteiger charge is 2.23. The predicted octanol–water partition coefficient (Wildman–Crippen LogP) is 3.70. The Morgan fingerprint density at radius 3 is 2.30 bits per heavy atom. The number of nitrogens with two attached hydrogens (primary N) is 1. The molecular weight excluding hydrogens is 380 g/mol. The molecule has 0 radical (unpaired) electrons. The highest BCUT2D eigenvalue weighted by Crippen LogP contribution is 2.29. The average Bonchev–Trinajstić information content (AvgIpc) is 2.77. The van der Waals surface area contributed by atoms with Gasteiger partial charge in [-0.2, -0.15) is 0 Å². The summed E-state index contributed by atoms with van der Waals surface area (Å²) in [6.07, 6.45) is 0.663. The molecule has 2 aromatic carbocycles. The number of hydrogen-bond acceptors (Lipinski definition) is 6. The molecule has 0 fully saturated rings. The van der Waals surface area contributed by atoms with Crippen molar-refractivity contribution in [1.29, 1.82) is 0 Å². The van der Waals surface area contributed by atoms with Gasteiger partial charge in [0.05, 0.1) is 7.11 Å². The molecule has 1 atom stereocenters. The summed E-state index contributed by atoms with van der Waals surface area (Å²) in [5.41, 5.74) is 9.07. The van der Waals surface area contributed by atoms with E-state index in [1.807, 2.05) is 60.7 Å². The van der Waals surface area contributed by atoms with E-state index in [4.69, 9.17) is 19.9 Å². The van der Waals surface area contributed by atoms with Gasteiger partial charge in [0.1, 0.15) is 19.0 Å². The van der Waals surface area contributed by atoms with Crippen LogP contribution in [0.15, 0.2) is 66.7 Å². The van der Waals surface area contributed by atoms with Crippen LogP contribution in [-0.2, 0) is 17.8 Å². The first-order chi connectivity index (χ1) is 14.6. The number of benzene rings is 2. The molecular formula is C24H26N2O4. The van der Waals surface area contributed by atoms with Crippen molar-refractivity contribution in [1.82, 2.24) is 4.98 Å². The zero-order valence-electron chi connectivity index (χ0n) is 17.2. The average molecular weight is 406 g/mol. The van der Waals surface area contributed by atoms with E-state index in [9.17, 15) is 4.79 Å². The monoisotopic (exact) mass is 406 g/mol. The number of carbonyl (C=O) groups is 1. The molecule has 156 valence electrons. The minimum absolute atomic E-state index is 0.143. The molecule has 0 aliphatic rings. The lowest BCUT2D eigenvalue weighted by atomic mass is 10.1. The first-order valence-corrected chi connectivity index (χ1v) is 9.75. The lowest BCUT2D eigenvalue weighted by Gasteiger charge is -2.17. The van der Waals surface area contributed by atoms with E-state index >= 15 is 0 Å². The molecule has 0 unspecified atom stereocenters. The number of rotatable bonds is 9. The molecule has 1 heterocycles. The van der Waals surface area contributed by atoms with Crippen molar-refractivity contribution < 1.29 is 19.0 Å². The number of methoxy groups -OCH3 is 1. The second-order valence-corrected chi connectivity index (χ2v) is 6.97. The third-order valence-corrected chi connectivity index (χ3v) is 4.48. The van der Waals surface area contributed by atoms with Gasteiger partial charge in [-0.15, -0.1) is 0 Å². The largest absolute Gasteiger partial charge is 0.491 e. The first-order valence-electron chi connectivity index (χ1n) is 9.75. The Balaban J connectivity index is 1.72. The van der Waals surface area contributed by atoms with Crippen molar-refractivity contribution in [3.63, 3.8) is 0 Å². The maximum absolute atomic E-state index is 12.8. The number of carbonyl (C=O) groups excluding carboxylic acids is 1. The van der Waals surface area contributed by atoms with Crippen LogP contribution in [-0.4, -0.2) is 30.7 Å². The molecule has 1 aromatic heterocycles. The highest BCUT2D eigenvalue weighted by atomic mass is 16.5. The van der Waals surface area contributed by atoms with Crippen LogP contribution in [0, 0.1) is 6.92 Å². The molecule has 2 N–H and O–H groups in total. The van der Waals surface area contributed by atoms with Crippen LogP contribution in [0.3, 0.4) is 0 Å². The predicted molar refractivity (Wildman–Crippen MR) is 115 cm³/mol. The van der Waals surface area contributed by atoms with E-state index in [2.05, 4.69) is 4.98 Å². The fraction of sp³-hybridized carbons (Fsp3) is 0.250. The second-order valence-electron chi connectivity index (χ2n) is 6.97. The third-order valence-electron chi connectivity index (χ3n) is 4.48. The van der Waals surface area contributed by atoms with Crippen LogP contribution >= 0.6 is 0 Å². The van der Waals surface area contributed by atoms with Crippen molar-refractivity contribution in [2.75, 3.05) is 13.7 Å². The molecule has 3 aromatic rings. The number of nitrogens with zero attached hydrogens (tertiary/aromatic N) is 1. The van der Waals surface area contributed by atoms with Gasteiger partial charge in [0.2, 0.25) is 5.88 Å². The Morgan fingerprint density at radius 2 is 1.67 bits per heavy atom. The lowest BCUT2D eigenvalue weighted by molar-refractivity contribution is 0.0462. The summed E-state index contributed by atoms with van der Waals surface area (Å²) in [7, 11) is 1.46. The van der Waals surface area contributed by atoms with Gasteiger partial charge in [-0.25, -0.2) is 9.78 Å². The van der Waals surface area contributed by atoms with E-state index in [1.165, 1.54) is 7.11 Å². The third kappa shape index (κ3) is 5.81. The summed E-state index contributed by atoms with van der Waals surface area (Å²) in [5, 5.41) is 0. The van der Waals surface area contributed by atoms with Crippen molar-refractivity contribution in [3.05, 3.63) is 89.1 Å². The Hall–Kier alpha value is -3.38. The minimum Gasteiger partial charge on any atom is -0.491 e. The Kier molecular flexibility index (Phi) is 7.40. The van der Waals surface area contributed by atoms with E-state index < -0.39 is 5.97 Å². The molecule has 0 amide bonds. The molecule has 3 rings (SSSR count). The number of hydrogen-bond donors (Lipinski definition) is 1. The van der Waals surface area contributed by atoms with Crippen molar-refractivity contribution in [2.24, 2.45) is 5.73 Å². The summed E-state index contributed by atoms with van der Waals surface area (Å²) in [6.45, 7) is 2.18. The number of pyridine rings is 1. The number of ether oxygens (including phenoxy) is 3. The van der Waals surface area contributed by atoms with Gasteiger partial charge in [0, 0.05) is 17.8 Å². The summed E-state index contributed by atoms with van der Waals surface area (Å²) in [4.78, 5) is 17.1. The molecule has 0 bridgehead atoms. The van der Waals surface area contributed by atoms with Gasteiger partial charge in [-0.3, -0.25) is 0 Å². The van der Waals surface area contributed by atoms with Crippen LogP contribution < -0.4 is 15.2 Å². The van der Waals surface area contributed by atoms with Gasteiger partial charge >= 0.3 is 5.97 Å². The van der Waals surface area contributed by atoms with Crippen LogP contribution in [0.2, 0.25) is 0 Å². The van der Waals surface area contributed by atoms with Crippen molar-refractivity contribution in [2.45, 2.75) is 26.0 Å². The Labute approximate surface area is 176 Å². The maximum atomic E-state index is 12.8. The molecule has 0 saturated heterocycles. The molecule has 30 heavy (non-hydrogen) atoms. The van der Waals surface area contributed by atoms with Crippen LogP contribution in [0.25, 0.3) is 0 Å². The van der Waals surface area contributed by atoms with Gasteiger partial charge in [0.25, 0.3) is 0 Å². The van der Waals surface area contributed by atoms with E-state index in [0.29, 0.717) is 17.9 Å². The van der Waals surface area contributed by atoms with Gasteiger partial charge in [0.15, 0.2) is 5.56 Å². The second kappa shape index (κ2) is 10.4. The topological polar surface area (TPSA) is 83.7 Å². The molecule has 0 aliphatic carbocycles. The number of aryl methyl sites for hydroxylation is 1. The normalized spacial score (nSPS) is 11.6. The van der Waals surface area contributed by atoms with E-state index in [0.717, 1.165) is 11.1 Å². The summed E-state index contributed by atoms with van der Waals surface area (Å²) in [5.74, 6) is -0.0459. The Bertz CT molecular complexity index is 962. The summed E-state index contributed by atoms with van der Waals surface area (Å²) < 4.78 is 16.7. The fourth-order valence-electron chi connectivity index (χ4n) is 3.03. The standard InChI is InChI=1S/C24H26N2O4/c1-17-13-21(29-16-20(25)14-18-9-5-3-6-10-18)22(23(26-17)28-2)24(27)30-15-19-11-7-4-8-12-19/h3-13,20H,14-16,25H2,1-2H3/t20-/m1/s1. The molecule has 0 saturated carbocycles. The summed E-state index contributed by atoms with van der Waals surface area (Å²) >= 11 is 0. The van der Waals surface area contributed by atoms with Crippen LogP contribution in [0.5, 0.6) is 11.6 Å². The van der Waals surface area contributed by atoms with E-state index in [-0.39, 0.29) is 30.7 Å². The zero-order valence-corrected chi connectivity index (χ0v) is 17.2. The van der Waals surface area contributed by atoms with Gasteiger partial charge < -0.3 is 19.9 Å². The minimum atomic E-state index is -0.560. The maximum Gasteiger partial charge on any atom is 0.347 e. The van der Waals surface area contributed by atoms with Crippen molar-refractivity contribution >= 4 is 5.97 Å². The van der Waals surface area contributed by atoms with Crippen molar-refractivity contribution in [3.8, 4) is 11.6 Å². The van der Waals surface area contributed by atoms with Gasteiger partial charge in [-0.05, 0) is 24.5 Å². The fourth-order valence-corrected chi connectivity index (χ4v) is 3.03. The van der Waals surface area contributed by atoms with E-state index in [1.54, 1.807) is 13.0 Å². The van der Waals surface area contributed by atoms with Crippen LogP contribution in [0.1, 0.15) is 27.2 Å². The zero-order chi connectivity index (χ0) is 21.3.